The molecule has 0 radical (unpaired) electrons. The zero-order chi connectivity index (χ0) is 18.5. The summed E-state index contributed by atoms with van der Waals surface area (Å²) in [6.45, 7) is 2.61. The summed E-state index contributed by atoms with van der Waals surface area (Å²) in [5, 5.41) is 2.63. The minimum atomic E-state index is -0.392. The highest BCUT2D eigenvalue weighted by Crippen LogP contribution is 2.33. The molecule has 26 heavy (non-hydrogen) atoms. The molecule has 1 saturated heterocycles. The highest BCUT2D eigenvalue weighted by Gasteiger charge is 2.23. The van der Waals surface area contributed by atoms with Crippen molar-refractivity contribution in [3.05, 3.63) is 41.4 Å². The molecule has 1 atom stereocenters. The van der Waals surface area contributed by atoms with Crippen molar-refractivity contribution in [1.29, 1.82) is 0 Å². The molecule has 2 aromatic rings. The molecule has 0 saturated carbocycles. The number of hydrogen-bond acceptors (Lipinski definition) is 4. The van der Waals surface area contributed by atoms with Crippen molar-refractivity contribution < 1.29 is 14.3 Å². The molecule has 4 nitrogen and oxygen atoms in total. The molecule has 138 valence electrons. The molecule has 0 aromatic heterocycles. The number of benzene rings is 2. The van der Waals surface area contributed by atoms with Gasteiger partial charge in [0.15, 0.2) is 6.61 Å². The van der Waals surface area contributed by atoms with Crippen LogP contribution in [0, 0.1) is 0 Å². The van der Waals surface area contributed by atoms with E-state index in [0.29, 0.717) is 5.02 Å². The molecule has 6 heteroatoms. The van der Waals surface area contributed by atoms with Crippen LogP contribution < -0.4 is 0 Å². The van der Waals surface area contributed by atoms with E-state index in [1.54, 1.807) is 0 Å². The molecule has 0 N–H and O–H groups in total. The van der Waals surface area contributed by atoms with Crippen LogP contribution in [-0.4, -0.2) is 41.7 Å². The van der Waals surface area contributed by atoms with Gasteiger partial charge in [0, 0.05) is 27.9 Å². The van der Waals surface area contributed by atoms with E-state index in [4.69, 9.17) is 16.3 Å². The Kier molecular flexibility index (Phi) is 6.43. The third-order valence-corrected chi connectivity index (χ3v) is 5.99. The van der Waals surface area contributed by atoms with Crippen LogP contribution in [0.3, 0.4) is 0 Å². The van der Waals surface area contributed by atoms with Crippen molar-refractivity contribution in [2.75, 3.05) is 18.9 Å². The second-order valence-corrected chi connectivity index (χ2v) is 7.90. The van der Waals surface area contributed by atoms with E-state index >= 15 is 0 Å². The standard InChI is InChI=1S/C20H22ClNO3S/c1-14-6-2-3-11-22(14)18(23)12-25-19(24)13-26-17-10-5-8-15-7-4-9-16(21)20(15)17/h4-5,7-10,14H,2-3,6,11-13H2,1H3. The number of esters is 1. The first-order valence-corrected chi connectivity index (χ1v) is 10.2. The Hall–Kier alpha value is -1.72. The van der Waals surface area contributed by atoms with Crippen molar-refractivity contribution in [3.8, 4) is 0 Å². The average Bonchev–Trinajstić information content (AvgIpc) is 2.65. The quantitative estimate of drug-likeness (QED) is 0.555. The van der Waals surface area contributed by atoms with Gasteiger partial charge in [-0.05, 0) is 43.7 Å². The molecular formula is C20H22ClNO3S. The second kappa shape index (κ2) is 8.78. The third kappa shape index (κ3) is 4.51. The molecule has 1 heterocycles. The van der Waals surface area contributed by atoms with Crippen LogP contribution in [0.2, 0.25) is 5.02 Å². The van der Waals surface area contributed by atoms with Gasteiger partial charge in [-0.15, -0.1) is 11.8 Å². The van der Waals surface area contributed by atoms with Crippen LogP contribution in [0.4, 0.5) is 0 Å². The van der Waals surface area contributed by atoms with Crippen LogP contribution in [0.1, 0.15) is 26.2 Å². The number of fused-ring (bicyclic) bond motifs is 1. The fourth-order valence-corrected chi connectivity index (χ4v) is 4.50. The average molecular weight is 392 g/mol. The molecular weight excluding hydrogens is 370 g/mol. The number of thioether (sulfide) groups is 1. The van der Waals surface area contributed by atoms with Gasteiger partial charge in [0.1, 0.15) is 0 Å². The monoisotopic (exact) mass is 391 g/mol. The number of rotatable bonds is 5. The van der Waals surface area contributed by atoms with Gasteiger partial charge in [0.2, 0.25) is 0 Å². The predicted octanol–water partition coefficient (Wildman–Crippen LogP) is 4.53. The lowest BCUT2D eigenvalue weighted by molar-refractivity contribution is -0.151. The topological polar surface area (TPSA) is 46.6 Å². The van der Waals surface area contributed by atoms with E-state index in [2.05, 4.69) is 0 Å². The number of nitrogens with zero attached hydrogens (tertiary/aromatic N) is 1. The highest BCUT2D eigenvalue weighted by molar-refractivity contribution is 8.00. The largest absolute Gasteiger partial charge is 0.455 e. The van der Waals surface area contributed by atoms with Gasteiger partial charge in [0.25, 0.3) is 5.91 Å². The summed E-state index contributed by atoms with van der Waals surface area (Å²) >= 11 is 7.68. The fraction of sp³-hybridized carbons (Fsp3) is 0.400. The van der Waals surface area contributed by atoms with Gasteiger partial charge in [-0.2, -0.15) is 0 Å². The molecule has 1 fully saturated rings. The van der Waals surface area contributed by atoms with E-state index in [-0.39, 0.29) is 24.3 Å². The maximum absolute atomic E-state index is 12.2. The number of piperidine rings is 1. The molecule has 0 bridgehead atoms. The van der Waals surface area contributed by atoms with E-state index in [1.807, 2.05) is 48.2 Å². The number of halogens is 1. The van der Waals surface area contributed by atoms with Gasteiger partial charge < -0.3 is 9.64 Å². The summed E-state index contributed by atoms with van der Waals surface area (Å²) in [6.07, 6.45) is 3.17. The summed E-state index contributed by atoms with van der Waals surface area (Å²) in [5.41, 5.74) is 0. The number of amides is 1. The van der Waals surface area contributed by atoms with Gasteiger partial charge in [0.05, 0.1) is 5.75 Å². The number of likely N-dealkylation sites (tertiary alicyclic amines) is 1. The summed E-state index contributed by atoms with van der Waals surface area (Å²) in [5.74, 6) is -0.353. The number of carbonyl (C=O) groups is 2. The maximum atomic E-state index is 12.2. The van der Waals surface area contributed by atoms with Crippen LogP contribution in [0.5, 0.6) is 0 Å². The number of carbonyl (C=O) groups excluding carboxylic acids is 2. The van der Waals surface area contributed by atoms with Crippen molar-refractivity contribution >= 4 is 46.0 Å². The molecule has 1 unspecified atom stereocenters. The minimum absolute atomic E-state index is 0.108. The molecule has 3 rings (SSSR count). The van der Waals surface area contributed by atoms with Crippen LogP contribution in [0.25, 0.3) is 10.8 Å². The Balaban J connectivity index is 1.54. The summed E-state index contributed by atoms with van der Waals surface area (Å²) < 4.78 is 5.19. The van der Waals surface area contributed by atoms with Gasteiger partial charge in [-0.25, -0.2) is 0 Å². The van der Waals surface area contributed by atoms with Gasteiger partial charge in [-0.1, -0.05) is 35.9 Å². The van der Waals surface area contributed by atoms with E-state index in [9.17, 15) is 9.59 Å². The lowest BCUT2D eigenvalue weighted by Crippen LogP contribution is -2.44. The Morgan fingerprint density at radius 1 is 1.23 bits per heavy atom. The summed E-state index contributed by atoms with van der Waals surface area (Å²) in [7, 11) is 0. The van der Waals surface area contributed by atoms with E-state index < -0.39 is 5.97 Å². The van der Waals surface area contributed by atoms with Gasteiger partial charge >= 0.3 is 5.97 Å². The number of hydrogen-bond donors (Lipinski definition) is 0. The van der Waals surface area contributed by atoms with Crippen LogP contribution in [0.15, 0.2) is 41.3 Å². The zero-order valence-electron chi connectivity index (χ0n) is 14.7. The summed E-state index contributed by atoms with van der Waals surface area (Å²) in [4.78, 5) is 27.0. The Morgan fingerprint density at radius 2 is 2.00 bits per heavy atom. The van der Waals surface area contributed by atoms with Crippen molar-refractivity contribution in [1.82, 2.24) is 4.90 Å². The maximum Gasteiger partial charge on any atom is 0.316 e. The molecule has 1 aliphatic rings. The first kappa shape index (κ1) is 19.1. The van der Waals surface area contributed by atoms with Gasteiger partial charge in [-0.3, -0.25) is 9.59 Å². The van der Waals surface area contributed by atoms with Crippen molar-refractivity contribution in [3.63, 3.8) is 0 Å². The van der Waals surface area contributed by atoms with Crippen molar-refractivity contribution in [2.45, 2.75) is 37.1 Å². The zero-order valence-corrected chi connectivity index (χ0v) is 16.3. The molecule has 2 aromatic carbocycles. The summed E-state index contributed by atoms with van der Waals surface area (Å²) in [6, 6.07) is 11.8. The Bertz CT molecular complexity index is 805. The van der Waals surface area contributed by atoms with Crippen LogP contribution >= 0.6 is 23.4 Å². The third-order valence-electron chi connectivity index (χ3n) is 4.64. The fourth-order valence-electron chi connectivity index (χ4n) is 3.25. The SMILES string of the molecule is CC1CCCCN1C(=O)COC(=O)CSc1cccc2cccc(Cl)c12. The van der Waals surface area contributed by atoms with E-state index in [1.165, 1.54) is 11.8 Å². The lowest BCUT2D eigenvalue weighted by Gasteiger charge is -2.33. The molecule has 1 amide bonds. The molecule has 0 aliphatic carbocycles. The lowest BCUT2D eigenvalue weighted by atomic mass is 10.0. The predicted molar refractivity (Wildman–Crippen MR) is 106 cm³/mol. The second-order valence-electron chi connectivity index (χ2n) is 6.48. The molecule has 0 spiro atoms. The normalized spacial score (nSPS) is 17.3. The van der Waals surface area contributed by atoms with Crippen LogP contribution in [-0.2, 0) is 14.3 Å². The first-order valence-electron chi connectivity index (χ1n) is 8.81. The first-order chi connectivity index (χ1) is 12.6. The number of ether oxygens (including phenoxy) is 1. The minimum Gasteiger partial charge on any atom is -0.455 e. The molecule has 1 aliphatic heterocycles. The smallest absolute Gasteiger partial charge is 0.316 e. The van der Waals surface area contributed by atoms with Crippen molar-refractivity contribution in [2.24, 2.45) is 0 Å². The highest BCUT2D eigenvalue weighted by atomic mass is 35.5. The Morgan fingerprint density at radius 3 is 2.77 bits per heavy atom. The van der Waals surface area contributed by atoms with E-state index in [0.717, 1.165) is 41.5 Å². The Labute approximate surface area is 162 Å².